The Morgan fingerprint density at radius 2 is 2.00 bits per heavy atom. The molecule has 1 aromatic heterocycles. The number of hydrogen-bond donors (Lipinski definition) is 3. The normalized spacial score (nSPS) is 13.3. The van der Waals surface area contributed by atoms with E-state index in [2.05, 4.69) is 16.6 Å². The third kappa shape index (κ3) is 6.08. The van der Waals surface area contributed by atoms with Crippen LogP contribution in [-0.2, 0) is 6.42 Å². The fourth-order valence-electron chi connectivity index (χ4n) is 2.50. The zero-order chi connectivity index (χ0) is 21.3. The van der Waals surface area contributed by atoms with Gasteiger partial charge in [-0.25, -0.2) is 9.37 Å². The van der Waals surface area contributed by atoms with E-state index in [0.29, 0.717) is 21.8 Å². The number of aromatic hydroxyl groups is 1. The second-order valence-electron chi connectivity index (χ2n) is 6.12. The highest BCUT2D eigenvalue weighted by Gasteiger charge is 2.23. The summed E-state index contributed by atoms with van der Waals surface area (Å²) in [4.78, 5) is 5.72. The van der Waals surface area contributed by atoms with Crippen LogP contribution in [0.5, 0.6) is 5.75 Å². The fourth-order valence-corrected chi connectivity index (χ4v) is 3.59. The highest BCUT2D eigenvalue weighted by Crippen LogP contribution is 2.38. The summed E-state index contributed by atoms with van der Waals surface area (Å²) in [6.45, 7) is 5.79. The first-order valence-electron chi connectivity index (χ1n) is 9.49. The van der Waals surface area contributed by atoms with Gasteiger partial charge >= 0.3 is 0 Å². The Hall–Kier alpha value is -2.36. The minimum absolute atomic E-state index is 0.382. The van der Waals surface area contributed by atoms with Crippen LogP contribution >= 0.6 is 11.3 Å². The van der Waals surface area contributed by atoms with E-state index in [-0.39, 0.29) is 5.75 Å². The van der Waals surface area contributed by atoms with E-state index in [4.69, 9.17) is 12.2 Å². The first kappa shape index (κ1) is 23.7. The van der Waals surface area contributed by atoms with Gasteiger partial charge in [0.15, 0.2) is 11.6 Å². The maximum absolute atomic E-state index is 13.3. The van der Waals surface area contributed by atoms with E-state index < -0.39 is 5.82 Å². The summed E-state index contributed by atoms with van der Waals surface area (Å²) in [5.74, 6) is 2.34. The van der Waals surface area contributed by atoms with Crippen LogP contribution in [0.3, 0.4) is 0 Å². The smallest absolute Gasteiger partial charge is 0.164 e. The molecule has 6 heteroatoms. The lowest BCUT2D eigenvalue weighted by Gasteiger charge is -2.03. The molecule has 0 aliphatic heterocycles. The van der Waals surface area contributed by atoms with Crippen LogP contribution in [0.15, 0.2) is 23.8 Å². The standard InChI is InChI=1S/C19H19FN2OS.C2H6.CH5N/c1-3-11(2)17(21)18-16(9-6-12-4-5-12)24-19(22-18)13-7-8-14(20)15(23)10-13;2*1-2/h1,7-8,10,12,23H,4-6,9,21H2,2H3;1-2H3;2H2,1H3/b17-11+;;. The van der Waals surface area contributed by atoms with E-state index in [1.54, 1.807) is 13.0 Å². The molecule has 0 unspecified atom stereocenters. The molecule has 0 spiro atoms. The van der Waals surface area contributed by atoms with Gasteiger partial charge in [0.1, 0.15) is 10.7 Å². The van der Waals surface area contributed by atoms with Crippen molar-refractivity contribution < 1.29 is 9.50 Å². The highest BCUT2D eigenvalue weighted by molar-refractivity contribution is 7.15. The number of nitrogens with zero attached hydrogens (tertiary/aromatic N) is 1. The summed E-state index contributed by atoms with van der Waals surface area (Å²) < 4.78 is 13.3. The number of allylic oxidation sites excluding steroid dienone is 1. The van der Waals surface area contributed by atoms with Crippen molar-refractivity contribution in [2.45, 2.75) is 46.5 Å². The van der Waals surface area contributed by atoms with Crippen molar-refractivity contribution in [1.29, 1.82) is 0 Å². The Morgan fingerprint density at radius 1 is 1.36 bits per heavy atom. The number of nitrogens with two attached hydrogens (primary N) is 2. The third-order valence-electron chi connectivity index (χ3n) is 4.24. The molecule has 4 nitrogen and oxygen atoms in total. The molecule has 0 saturated heterocycles. The van der Waals surface area contributed by atoms with Crippen LogP contribution in [0, 0.1) is 24.1 Å². The number of aryl methyl sites for hydroxylation is 1. The first-order valence-corrected chi connectivity index (χ1v) is 10.3. The molecule has 28 heavy (non-hydrogen) atoms. The number of terminal acetylenes is 1. The van der Waals surface area contributed by atoms with Crippen LogP contribution < -0.4 is 11.5 Å². The molecule has 3 rings (SSSR count). The molecule has 2 aromatic rings. The molecule has 1 aliphatic carbocycles. The molecular weight excluding hydrogens is 373 g/mol. The van der Waals surface area contributed by atoms with Gasteiger partial charge in [-0.05, 0) is 50.9 Å². The van der Waals surface area contributed by atoms with Crippen molar-refractivity contribution in [1.82, 2.24) is 4.98 Å². The van der Waals surface area contributed by atoms with Gasteiger partial charge in [0.05, 0.1) is 5.70 Å². The molecule has 152 valence electrons. The van der Waals surface area contributed by atoms with Crippen LogP contribution in [-0.4, -0.2) is 17.1 Å². The molecular formula is C22H30FN3OS. The maximum Gasteiger partial charge on any atom is 0.164 e. The van der Waals surface area contributed by atoms with Crippen molar-refractivity contribution in [3.63, 3.8) is 0 Å². The van der Waals surface area contributed by atoms with Crippen molar-refractivity contribution in [3.05, 3.63) is 40.2 Å². The monoisotopic (exact) mass is 403 g/mol. The zero-order valence-corrected chi connectivity index (χ0v) is 17.9. The summed E-state index contributed by atoms with van der Waals surface area (Å²) in [6.07, 6.45) is 10.1. The fraction of sp³-hybridized carbons (Fsp3) is 0.409. The van der Waals surface area contributed by atoms with Gasteiger partial charge in [0.2, 0.25) is 0 Å². The highest BCUT2D eigenvalue weighted by atomic mass is 32.1. The van der Waals surface area contributed by atoms with E-state index in [1.165, 1.54) is 43.4 Å². The zero-order valence-electron chi connectivity index (χ0n) is 17.1. The first-order chi connectivity index (χ1) is 13.5. The van der Waals surface area contributed by atoms with Gasteiger partial charge in [-0.2, -0.15) is 0 Å². The predicted molar refractivity (Wildman–Crippen MR) is 117 cm³/mol. The van der Waals surface area contributed by atoms with Crippen LogP contribution in [0.25, 0.3) is 16.3 Å². The van der Waals surface area contributed by atoms with Crippen molar-refractivity contribution >= 4 is 17.0 Å². The van der Waals surface area contributed by atoms with E-state index in [9.17, 15) is 9.50 Å². The summed E-state index contributed by atoms with van der Waals surface area (Å²) in [5.41, 5.74) is 13.2. The molecule has 0 radical (unpaired) electrons. The molecule has 1 heterocycles. The molecule has 0 bridgehead atoms. The molecule has 0 amide bonds. The Labute approximate surface area is 171 Å². The quantitative estimate of drug-likeness (QED) is 0.619. The minimum Gasteiger partial charge on any atom is -0.505 e. The lowest BCUT2D eigenvalue weighted by molar-refractivity contribution is 0.433. The van der Waals surface area contributed by atoms with Crippen LogP contribution in [0.2, 0.25) is 0 Å². The molecule has 1 aromatic carbocycles. The van der Waals surface area contributed by atoms with Gasteiger partial charge in [-0.15, -0.1) is 17.8 Å². The van der Waals surface area contributed by atoms with E-state index >= 15 is 0 Å². The molecule has 1 saturated carbocycles. The van der Waals surface area contributed by atoms with E-state index in [0.717, 1.165) is 29.3 Å². The average Bonchev–Trinajstić information content (AvgIpc) is 3.47. The number of rotatable bonds is 5. The van der Waals surface area contributed by atoms with Gasteiger partial charge < -0.3 is 16.6 Å². The summed E-state index contributed by atoms with van der Waals surface area (Å²) >= 11 is 1.53. The predicted octanol–water partition coefficient (Wildman–Crippen LogP) is 4.92. The van der Waals surface area contributed by atoms with Crippen molar-refractivity contribution in [2.24, 2.45) is 17.4 Å². The number of hydrogen-bond acceptors (Lipinski definition) is 5. The molecule has 0 atom stereocenters. The largest absolute Gasteiger partial charge is 0.505 e. The van der Waals surface area contributed by atoms with E-state index in [1.807, 2.05) is 13.8 Å². The number of phenolic OH excluding ortho intramolecular Hbond substituents is 1. The topological polar surface area (TPSA) is 85.2 Å². The number of benzene rings is 1. The van der Waals surface area contributed by atoms with Gasteiger partial charge in [-0.1, -0.05) is 32.6 Å². The Kier molecular flexibility index (Phi) is 9.70. The van der Waals surface area contributed by atoms with Crippen LogP contribution in [0.4, 0.5) is 4.39 Å². The Morgan fingerprint density at radius 3 is 2.54 bits per heavy atom. The maximum atomic E-state index is 13.3. The lowest BCUT2D eigenvalue weighted by atomic mass is 10.1. The molecule has 1 fully saturated rings. The van der Waals surface area contributed by atoms with Gasteiger partial charge in [0, 0.05) is 16.0 Å². The second kappa shape index (κ2) is 11.5. The third-order valence-corrected chi connectivity index (χ3v) is 5.41. The summed E-state index contributed by atoms with van der Waals surface area (Å²) in [7, 11) is 1.50. The second-order valence-corrected chi connectivity index (χ2v) is 7.21. The Balaban J connectivity index is 0.000000921. The van der Waals surface area contributed by atoms with Crippen molar-refractivity contribution in [3.8, 4) is 28.7 Å². The molecule has 1 aliphatic rings. The number of thiazole rings is 1. The minimum atomic E-state index is -0.646. The Bertz CT molecular complexity index is 848. The van der Waals surface area contributed by atoms with Gasteiger partial charge in [-0.3, -0.25) is 0 Å². The number of aromatic nitrogens is 1. The average molecular weight is 404 g/mol. The number of phenols is 1. The molecule has 5 N–H and O–H groups in total. The number of halogens is 1. The summed E-state index contributed by atoms with van der Waals surface area (Å²) in [6, 6.07) is 4.23. The van der Waals surface area contributed by atoms with Crippen LogP contribution in [0.1, 0.15) is 50.6 Å². The lowest BCUT2D eigenvalue weighted by Crippen LogP contribution is -2.03. The SMILES string of the molecule is C#C/C(C)=C(/N)c1nc(-c2ccc(F)c(O)c2)sc1CCC1CC1.CC.CN. The van der Waals surface area contributed by atoms with Crippen molar-refractivity contribution in [2.75, 3.05) is 7.05 Å². The summed E-state index contributed by atoms with van der Waals surface area (Å²) in [5, 5.41) is 10.3. The van der Waals surface area contributed by atoms with Gasteiger partial charge in [0.25, 0.3) is 0 Å².